The maximum atomic E-state index is 13.6. The molecule has 1 aromatic heterocycles. The third kappa shape index (κ3) is 1.27. The van der Waals surface area contributed by atoms with E-state index in [1.165, 1.54) is 12.1 Å². The number of aliphatic imine (C=N–C) groups is 1. The molecule has 6 heteroatoms. The second-order valence-electron chi connectivity index (χ2n) is 4.79. The van der Waals surface area contributed by atoms with Gasteiger partial charge in [0.05, 0.1) is 35.7 Å². The molecule has 3 heterocycles. The second-order valence-corrected chi connectivity index (χ2v) is 4.79. The van der Waals surface area contributed by atoms with E-state index in [0.717, 1.165) is 11.3 Å². The lowest BCUT2D eigenvalue weighted by Gasteiger charge is -2.19. The smallest absolute Gasteiger partial charge is 0.297 e. The van der Waals surface area contributed by atoms with Crippen molar-refractivity contribution in [3.05, 3.63) is 60.2 Å². The highest BCUT2D eigenvalue weighted by atomic mass is 19.1. The molecule has 0 amide bonds. The third-order valence-electron chi connectivity index (χ3n) is 3.66. The number of imidazole rings is 1. The summed E-state index contributed by atoms with van der Waals surface area (Å²) in [6, 6.07) is 4.49. The van der Waals surface area contributed by atoms with Crippen LogP contribution in [0.15, 0.2) is 48.1 Å². The average molecular weight is 266 g/mol. The van der Waals surface area contributed by atoms with Gasteiger partial charge in [-0.3, -0.25) is 4.57 Å². The summed E-state index contributed by atoms with van der Waals surface area (Å²) in [4.78, 5) is 8.43. The van der Waals surface area contributed by atoms with E-state index < -0.39 is 0 Å². The Kier molecular flexibility index (Phi) is 2.01. The zero-order valence-electron chi connectivity index (χ0n) is 10.4. The molecule has 0 saturated heterocycles. The molecule has 0 aliphatic carbocycles. The van der Waals surface area contributed by atoms with Crippen molar-refractivity contribution in [1.82, 2.24) is 9.55 Å². The van der Waals surface area contributed by atoms with Crippen LogP contribution < -0.4 is 0 Å². The van der Waals surface area contributed by atoms with Gasteiger partial charge in [-0.2, -0.15) is 4.99 Å². The standard InChI is InChI=1S/C14H9FN5/c15-10-1-2-12-13(5-10)19-9-17-6-11(19)7-20(8-16)4-3-18-14(12)20/h1-6,9H,7H2/q+1. The lowest BCUT2D eigenvalue weighted by atomic mass is 10.1. The molecule has 1 aromatic carbocycles. The van der Waals surface area contributed by atoms with E-state index in [2.05, 4.69) is 16.2 Å². The van der Waals surface area contributed by atoms with Crippen LogP contribution in [0.25, 0.3) is 5.69 Å². The summed E-state index contributed by atoms with van der Waals surface area (Å²) < 4.78 is 15.4. The van der Waals surface area contributed by atoms with Crippen molar-refractivity contribution in [2.75, 3.05) is 0 Å². The Bertz CT molecular complexity index is 826. The van der Waals surface area contributed by atoms with Crippen molar-refractivity contribution in [2.45, 2.75) is 6.54 Å². The van der Waals surface area contributed by atoms with Crippen LogP contribution in [0.3, 0.4) is 0 Å². The number of halogens is 1. The molecule has 0 N–H and O–H groups in total. The molecule has 0 spiro atoms. The van der Waals surface area contributed by atoms with Crippen LogP contribution in [-0.4, -0.2) is 19.9 Å². The number of amidine groups is 1. The van der Waals surface area contributed by atoms with Gasteiger partial charge in [0.1, 0.15) is 18.6 Å². The van der Waals surface area contributed by atoms with Gasteiger partial charge >= 0.3 is 6.19 Å². The van der Waals surface area contributed by atoms with E-state index in [1.807, 2.05) is 4.57 Å². The third-order valence-corrected chi connectivity index (χ3v) is 3.66. The Morgan fingerprint density at radius 1 is 1.40 bits per heavy atom. The van der Waals surface area contributed by atoms with Crippen molar-refractivity contribution in [1.29, 1.82) is 5.26 Å². The average Bonchev–Trinajstić information content (AvgIpc) is 3.05. The molecule has 1 atom stereocenters. The summed E-state index contributed by atoms with van der Waals surface area (Å²) in [6.07, 6.45) is 8.98. The van der Waals surface area contributed by atoms with Crippen molar-refractivity contribution in [2.24, 2.45) is 4.99 Å². The second kappa shape index (κ2) is 3.62. The van der Waals surface area contributed by atoms with Crippen LogP contribution in [0.4, 0.5) is 4.39 Å². The first-order valence-corrected chi connectivity index (χ1v) is 6.10. The largest absolute Gasteiger partial charge is 0.321 e. The molecule has 0 saturated carbocycles. The topological polar surface area (TPSA) is 54.0 Å². The SMILES string of the molecule is N#C[N+]12C=CN=C1c1ccc(F)cc1-n1cncc1C2. The van der Waals surface area contributed by atoms with Crippen molar-refractivity contribution < 1.29 is 8.87 Å². The summed E-state index contributed by atoms with van der Waals surface area (Å²) in [7, 11) is 0. The summed E-state index contributed by atoms with van der Waals surface area (Å²) in [5.41, 5.74) is 2.25. The predicted octanol–water partition coefficient (Wildman–Crippen LogP) is 2.05. The molecule has 5 nitrogen and oxygen atoms in total. The van der Waals surface area contributed by atoms with Crippen LogP contribution in [0.5, 0.6) is 0 Å². The van der Waals surface area contributed by atoms with E-state index >= 15 is 0 Å². The Morgan fingerprint density at radius 2 is 2.30 bits per heavy atom. The summed E-state index contributed by atoms with van der Waals surface area (Å²) in [5, 5.41) is 9.61. The first kappa shape index (κ1) is 11.1. The van der Waals surface area contributed by atoms with Gasteiger partial charge in [-0.25, -0.2) is 9.37 Å². The first-order valence-electron chi connectivity index (χ1n) is 6.10. The summed E-state index contributed by atoms with van der Waals surface area (Å²) in [6.45, 7) is 0.419. The predicted molar refractivity (Wildman–Crippen MR) is 68.8 cm³/mol. The maximum Gasteiger partial charge on any atom is 0.321 e. The Hall–Kier alpha value is -2.78. The van der Waals surface area contributed by atoms with Gasteiger partial charge in [0.15, 0.2) is 0 Å². The van der Waals surface area contributed by atoms with Gasteiger partial charge in [0.2, 0.25) is 0 Å². The molecule has 2 aliphatic rings. The number of aromatic nitrogens is 2. The Balaban J connectivity index is 2.10. The molecular weight excluding hydrogens is 257 g/mol. The van der Waals surface area contributed by atoms with Crippen LogP contribution in [-0.2, 0) is 6.54 Å². The van der Waals surface area contributed by atoms with Crippen LogP contribution in [0.2, 0.25) is 0 Å². The minimum Gasteiger partial charge on any atom is -0.297 e. The van der Waals surface area contributed by atoms with Crippen molar-refractivity contribution >= 4 is 5.84 Å². The Labute approximate surface area is 114 Å². The van der Waals surface area contributed by atoms with Gasteiger partial charge < -0.3 is 0 Å². The summed E-state index contributed by atoms with van der Waals surface area (Å²) in [5.74, 6) is 0.290. The van der Waals surface area contributed by atoms with E-state index in [0.29, 0.717) is 18.1 Å². The number of rotatable bonds is 0. The number of hydrogen-bond donors (Lipinski definition) is 0. The van der Waals surface area contributed by atoms with E-state index in [4.69, 9.17) is 0 Å². The molecule has 4 rings (SSSR count). The fraction of sp³-hybridized carbons (Fsp3) is 0.0714. The maximum absolute atomic E-state index is 13.6. The molecule has 0 bridgehead atoms. The van der Waals surface area contributed by atoms with Gasteiger partial charge in [-0.15, -0.1) is 9.74 Å². The highest BCUT2D eigenvalue weighted by Gasteiger charge is 2.42. The first-order chi connectivity index (χ1) is 9.73. The fourth-order valence-electron chi connectivity index (χ4n) is 2.72. The molecule has 96 valence electrons. The molecule has 20 heavy (non-hydrogen) atoms. The van der Waals surface area contributed by atoms with E-state index in [-0.39, 0.29) is 10.3 Å². The molecule has 0 fully saturated rings. The fourth-order valence-corrected chi connectivity index (χ4v) is 2.72. The molecule has 1 unspecified atom stereocenters. The van der Waals surface area contributed by atoms with Gasteiger partial charge in [0.25, 0.3) is 5.84 Å². The van der Waals surface area contributed by atoms with E-state index in [9.17, 15) is 9.65 Å². The number of fused-ring (bicyclic) bond motifs is 5. The number of hydrogen-bond acceptors (Lipinski definition) is 3. The minimum atomic E-state index is -0.327. The van der Waals surface area contributed by atoms with Gasteiger partial charge in [-0.1, -0.05) is 0 Å². The lowest BCUT2D eigenvalue weighted by Crippen LogP contribution is -2.40. The van der Waals surface area contributed by atoms with Gasteiger partial charge in [-0.05, 0) is 18.2 Å². The number of nitriles is 1. The zero-order chi connectivity index (χ0) is 13.7. The number of nitrogens with zero attached hydrogens (tertiary/aromatic N) is 5. The molecule has 2 aliphatic heterocycles. The van der Waals surface area contributed by atoms with Gasteiger partial charge in [0, 0.05) is 0 Å². The monoisotopic (exact) mass is 266 g/mol. The highest BCUT2D eigenvalue weighted by Crippen LogP contribution is 2.32. The minimum absolute atomic E-state index is 0.0374. The normalized spacial score (nSPS) is 22.3. The summed E-state index contributed by atoms with van der Waals surface area (Å²) >= 11 is 0. The van der Waals surface area contributed by atoms with Crippen LogP contribution >= 0.6 is 0 Å². The molecule has 0 radical (unpaired) electrons. The van der Waals surface area contributed by atoms with Crippen LogP contribution in [0, 0.1) is 17.3 Å². The number of benzene rings is 1. The van der Waals surface area contributed by atoms with Crippen LogP contribution in [0.1, 0.15) is 11.3 Å². The Morgan fingerprint density at radius 3 is 3.15 bits per heavy atom. The van der Waals surface area contributed by atoms with Crippen molar-refractivity contribution in [3.63, 3.8) is 0 Å². The quantitative estimate of drug-likeness (QED) is 0.541. The zero-order valence-corrected chi connectivity index (χ0v) is 10.4. The van der Waals surface area contributed by atoms with E-state index in [1.54, 1.807) is 31.0 Å². The lowest BCUT2D eigenvalue weighted by molar-refractivity contribution is -0.728. The molecule has 2 aromatic rings. The highest BCUT2D eigenvalue weighted by molar-refractivity contribution is 5.99. The van der Waals surface area contributed by atoms with Crippen molar-refractivity contribution in [3.8, 4) is 11.9 Å². The number of quaternary nitrogens is 1. The molecular formula is C14H9FN5+.